The molecule has 1 N–H and O–H groups in total. The smallest absolute Gasteiger partial charge is 0.259 e. The minimum atomic E-state index is -1.17. The van der Waals surface area contributed by atoms with Gasteiger partial charge < -0.3 is 5.32 Å². The maximum atomic E-state index is 13.9. The minimum absolute atomic E-state index is 0.110. The van der Waals surface area contributed by atoms with E-state index in [1.165, 1.54) is 18.2 Å². The van der Waals surface area contributed by atoms with Crippen LogP contribution in [0.5, 0.6) is 0 Å². The normalized spacial score (nSPS) is 19.0. The number of hydrogen-bond donors (Lipinski definition) is 1. The van der Waals surface area contributed by atoms with Crippen LogP contribution in [-0.4, -0.2) is 30.0 Å². The van der Waals surface area contributed by atoms with Crippen LogP contribution in [0.4, 0.5) is 14.5 Å². The fraction of sp³-hybridized carbons (Fsp3) is 0.238. The van der Waals surface area contributed by atoms with Gasteiger partial charge in [0, 0.05) is 5.92 Å². The van der Waals surface area contributed by atoms with Crippen LogP contribution in [0.1, 0.15) is 17.0 Å². The van der Waals surface area contributed by atoms with Crippen molar-refractivity contribution in [1.29, 1.82) is 0 Å². The van der Waals surface area contributed by atoms with Crippen molar-refractivity contribution in [3.63, 3.8) is 0 Å². The highest BCUT2D eigenvalue weighted by Gasteiger charge is 2.46. The van der Waals surface area contributed by atoms with E-state index in [4.69, 9.17) is 4.84 Å². The van der Waals surface area contributed by atoms with Gasteiger partial charge in [-0.05, 0) is 24.6 Å². The Bertz CT molecular complexity index is 899. The van der Waals surface area contributed by atoms with E-state index in [2.05, 4.69) is 11.9 Å². The zero-order valence-corrected chi connectivity index (χ0v) is 15.3. The van der Waals surface area contributed by atoms with Crippen molar-refractivity contribution in [2.45, 2.75) is 12.8 Å². The monoisotopic (exact) mass is 386 g/mol. The predicted molar refractivity (Wildman–Crippen MR) is 100 cm³/mol. The third kappa shape index (κ3) is 3.94. The van der Waals surface area contributed by atoms with Gasteiger partial charge in [0.2, 0.25) is 5.91 Å². The Morgan fingerprint density at radius 1 is 1.29 bits per heavy atom. The molecule has 2 aromatic rings. The first-order valence-electron chi connectivity index (χ1n) is 8.79. The Labute approximate surface area is 161 Å². The quantitative estimate of drug-likeness (QED) is 0.610. The molecule has 1 saturated heterocycles. The highest BCUT2D eigenvalue weighted by atomic mass is 19.2. The number of aryl methyl sites for hydroxylation is 1. The number of hydrogen-bond acceptors (Lipinski definition) is 3. The molecule has 0 spiro atoms. The van der Waals surface area contributed by atoms with Gasteiger partial charge >= 0.3 is 0 Å². The van der Waals surface area contributed by atoms with Crippen molar-refractivity contribution in [2.75, 3.05) is 18.5 Å². The summed E-state index contributed by atoms with van der Waals surface area (Å²) in [5, 5.41) is 3.46. The SMILES string of the molecule is C=CCON1CC(c2ccc(C)cc2)C(C(=O)Nc2cccc(F)c2F)C1=O. The van der Waals surface area contributed by atoms with E-state index in [0.29, 0.717) is 0 Å². The Morgan fingerprint density at radius 2 is 2.00 bits per heavy atom. The molecule has 1 fully saturated rings. The second-order valence-corrected chi connectivity index (χ2v) is 6.57. The molecule has 146 valence electrons. The van der Waals surface area contributed by atoms with E-state index in [1.807, 2.05) is 31.2 Å². The van der Waals surface area contributed by atoms with E-state index < -0.39 is 35.3 Å². The Morgan fingerprint density at radius 3 is 2.68 bits per heavy atom. The van der Waals surface area contributed by atoms with Gasteiger partial charge in [0.15, 0.2) is 11.6 Å². The summed E-state index contributed by atoms with van der Waals surface area (Å²) in [5.74, 6) is -5.13. The lowest BCUT2D eigenvalue weighted by Gasteiger charge is -2.17. The molecule has 0 aromatic heterocycles. The van der Waals surface area contributed by atoms with Gasteiger partial charge in [0.1, 0.15) is 5.92 Å². The lowest BCUT2D eigenvalue weighted by atomic mass is 9.87. The van der Waals surface area contributed by atoms with Crippen molar-refractivity contribution < 1.29 is 23.2 Å². The van der Waals surface area contributed by atoms with Crippen LogP contribution in [0.25, 0.3) is 0 Å². The first kappa shape index (κ1) is 19.7. The molecule has 0 saturated carbocycles. The topological polar surface area (TPSA) is 58.6 Å². The van der Waals surface area contributed by atoms with Gasteiger partial charge in [0.05, 0.1) is 18.8 Å². The van der Waals surface area contributed by atoms with Crippen molar-refractivity contribution >= 4 is 17.5 Å². The number of halogens is 2. The number of amides is 2. The molecule has 2 aromatic carbocycles. The fourth-order valence-electron chi connectivity index (χ4n) is 3.18. The molecule has 2 amide bonds. The van der Waals surface area contributed by atoms with E-state index in [1.54, 1.807) is 0 Å². The van der Waals surface area contributed by atoms with Crippen LogP contribution in [0.15, 0.2) is 55.1 Å². The molecular weight excluding hydrogens is 366 g/mol. The summed E-state index contributed by atoms with van der Waals surface area (Å²) in [7, 11) is 0. The third-order valence-corrected chi connectivity index (χ3v) is 4.62. The summed E-state index contributed by atoms with van der Waals surface area (Å²) in [6.45, 7) is 5.75. The first-order valence-corrected chi connectivity index (χ1v) is 8.79. The zero-order chi connectivity index (χ0) is 20.3. The van der Waals surface area contributed by atoms with E-state index in [-0.39, 0.29) is 18.8 Å². The van der Waals surface area contributed by atoms with Gasteiger partial charge in [-0.2, -0.15) is 0 Å². The van der Waals surface area contributed by atoms with Gasteiger partial charge in [-0.25, -0.2) is 13.8 Å². The fourth-order valence-corrected chi connectivity index (χ4v) is 3.18. The summed E-state index contributed by atoms with van der Waals surface area (Å²) < 4.78 is 27.4. The maximum Gasteiger partial charge on any atom is 0.259 e. The number of rotatable bonds is 6. The van der Waals surface area contributed by atoms with Crippen LogP contribution in [0.2, 0.25) is 0 Å². The van der Waals surface area contributed by atoms with E-state index in [0.717, 1.165) is 22.3 Å². The molecule has 1 aliphatic rings. The van der Waals surface area contributed by atoms with Crippen molar-refractivity contribution in [3.8, 4) is 0 Å². The first-order chi connectivity index (χ1) is 13.4. The lowest BCUT2D eigenvalue weighted by molar-refractivity contribution is -0.175. The highest BCUT2D eigenvalue weighted by Crippen LogP contribution is 2.35. The van der Waals surface area contributed by atoms with Crippen LogP contribution in [0, 0.1) is 24.5 Å². The van der Waals surface area contributed by atoms with Gasteiger partial charge in [-0.1, -0.05) is 42.0 Å². The molecular formula is C21H20F2N2O3. The number of carbonyl (C=O) groups is 2. The van der Waals surface area contributed by atoms with E-state index in [9.17, 15) is 18.4 Å². The van der Waals surface area contributed by atoms with Crippen LogP contribution in [-0.2, 0) is 14.4 Å². The summed E-state index contributed by atoms with van der Waals surface area (Å²) in [5.41, 5.74) is 1.50. The van der Waals surface area contributed by atoms with Gasteiger partial charge in [0.25, 0.3) is 5.91 Å². The van der Waals surface area contributed by atoms with Crippen molar-refractivity contribution in [1.82, 2.24) is 5.06 Å². The molecule has 3 rings (SSSR count). The molecule has 0 bridgehead atoms. The molecule has 1 aliphatic heterocycles. The van der Waals surface area contributed by atoms with Crippen molar-refractivity contribution in [3.05, 3.63) is 77.9 Å². The number of anilines is 1. The van der Waals surface area contributed by atoms with Gasteiger partial charge in [-0.3, -0.25) is 14.4 Å². The molecule has 2 atom stereocenters. The summed E-state index contributed by atoms with van der Waals surface area (Å²) >= 11 is 0. The number of nitrogens with one attached hydrogen (secondary N) is 1. The van der Waals surface area contributed by atoms with Crippen LogP contribution < -0.4 is 5.32 Å². The Kier molecular flexibility index (Phi) is 5.84. The molecule has 7 heteroatoms. The lowest BCUT2D eigenvalue weighted by Crippen LogP contribution is -2.34. The number of nitrogens with zero attached hydrogens (tertiary/aromatic N) is 1. The number of carbonyl (C=O) groups excluding carboxylic acids is 2. The van der Waals surface area contributed by atoms with Crippen LogP contribution >= 0.6 is 0 Å². The second kappa shape index (κ2) is 8.31. The largest absolute Gasteiger partial charge is 0.323 e. The summed E-state index contributed by atoms with van der Waals surface area (Å²) in [6, 6.07) is 10.9. The third-order valence-electron chi connectivity index (χ3n) is 4.62. The number of hydroxylamine groups is 2. The Balaban J connectivity index is 1.89. The Hall–Kier alpha value is -3.06. The van der Waals surface area contributed by atoms with Gasteiger partial charge in [-0.15, -0.1) is 6.58 Å². The molecule has 28 heavy (non-hydrogen) atoms. The highest BCUT2D eigenvalue weighted by molar-refractivity contribution is 6.08. The van der Waals surface area contributed by atoms with Crippen LogP contribution in [0.3, 0.4) is 0 Å². The summed E-state index contributed by atoms with van der Waals surface area (Å²) in [4.78, 5) is 31.0. The van der Waals surface area contributed by atoms with E-state index >= 15 is 0 Å². The number of benzene rings is 2. The standard InChI is InChI=1S/C21H20F2N2O3/c1-3-11-28-25-12-15(14-9-7-13(2)8-10-14)18(21(25)27)20(26)24-17-6-4-5-16(22)19(17)23/h3-10,15,18H,1,11-12H2,2H3,(H,24,26). The molecule has 5 nitrogen and oxygen atoms in total. The molecule has 0 radical (unpaired) electrons. The molecule has 2 unspecified atom stereocenters. The predicted octanol–water partition coefficient (Wildman–Crippen LogP) is 3.57. The molecule has 0 aliphatic carbocycles. The zero-order valence-electron chi connectivity index (χ0n) is 15.3. The average Bonchev–Trinajstić information content (AvgIpc) is 3.00. The minimum Gasteiger partial charge on any atom is -0.323 e. The summed E-state index contributed by atoms with van der Waals surface area (Å²) in [6.07, 6.45) is 1.49. The van der Waals surface area contributed by atoms with Crippen molar-refractivity contribution in [2.24, 2.45) is 5.92 Å². The maximum absolute atomic E-state index is 13.9. The molecule has 1 heterocycles. The average molecular weight is 386 g/mol. The second-order valence-electron chi connectivity index (χ2n) is 6.57.